The fourth-order valence-electron chi connectivity index (χ4n) is 1.05. The molecule has 0 spiro atoms. The molecule has 4 heteroatoms. The summed E-state index contributed by atoms with van der Waals surface area (Å²) in [6, 6.07) is 1.83. The highest BCUT2D eigenvalue weighted by molar-refractivity contribution is 5.71. The van der Waals surface area contributed by atoms with Crippen LogP contribution in [-0.4, -0.2) is 22.4 Å². The van der Waals surface area contributed by atoms with E-state index in [9.17, 15) is 4.79 Å². The quantitative estimate of drug-likeness (QED) is 0.654. The maximum absolute atomic E-state index is 11.2. The van der Waals surface area contributed by atoms with Gasteiger partial charge in [-0.15, -0.1) is 0 Å². The summed E-state index contributed by atoms with van der Waals surface area (Å²) < 4.78 is 6.60. The van der Waals surface area contributed by atoms with Crippen LogP contribution in [0, 0.1) is 5.92 Å². The number of carbonyl (C=O) groups excluding carboxylic acids is 1. The summed E-state index contributed by atoms with van der Waals surface area (Å²) in [5.74, 6) is -0.308. The summed E-state index contributed by atoms with van der Waals surface area (Å²) in [7, 11) is 0. The topological polar surface area (TPSA) is 44.1 Å². The lowest BCUT2D eigenvalue weighted by molar-refractivity contribution is -0.147. The Morgan fingerprint density at radius 3 is 3.00 bits per heavy atom. The SMILES string of the molecule is CCOC(=O)[C@H](C)Cn1cccn1. The van der Waals surface area contributed by atoms with Crippen LogP contribution in [0.3, 0.4) is 0 Å². The Hall–Kier alpha value is -1.32. The Morgan fingerprint density at radius 1 is 1.69 bits per heavy atom. The second-order valence-corrected chi connectivity index (χ2v) is 2.88. The van der Waals surface area contributed by atoms with Crippen molar-refractivity contribution >= 4 is 5.97 Å². The van der Waals surface area contributed by atoms with Gasteiger partial charge >= 0.3 is 5.97 Å². The third-order valence-electron chi connectivity index (χ3n) is 1.71. The van der Waals surface area contributed by atoms with Gasteiger partial charge in [-0.3, -0.25) is 9.48 Å². The van der Waals surface area contributed by atoms with Crippen molar-refractivity contribution in [1.29, 1.82) is 0 Å². The molecule has 0 aliphatic heterocycles. The first kappa shape index (κ1) is 9.77. The van der Waals surface area contributed by atoms with Gasteiger partial charge in [-0.1, -0.05) is 6.92 Å². The van der Waals surface area contributed by atoms with Crippen LogP contribution in [0.1, 0.15) is 13.8 Å². The molecule has 1 heterocycles. The van der Waals surface area contributed by atoms with E-state index in [-0.39, 0.29) is 11.9 Å². The summed E-state index contributed by atoms with van der Waals surface area (Å²) in [6.45, 7) is 4.65. The molecule has 0 fully saturated rings. The van der Waals surface area contributed by atoms with Gasteiger partial charge in [-0.2, -0.15) is 5.10 Å². The first-order valence-corrected chi connectivity index (χ1v) is 4.38. The van der Waals surface area contributed by atoms with Gasteiger partial charge in [0.05, 0.1) is 19.1 Å². The predicted octanol–water partition coefficient (Wildman–Crippen LogP) is 1.08. The number of carbonyl (C=O) groups is 1. The third kappa shape index (κ3) is 2.89. The third-order valence-corrected chi connectivity index (χ3v) is 1.71. The van der Waals surface area contributed by atoms with E-state index in [4.69, 9.17) is 4.74 Å². The molecule has 0 aliphatic rings. The first-order chi connectivity index (χ1) is 6.24. The molecule has 1 rings (SSSR count). The average Bonchev–Trinajstić information content (AvgIpc) is 2.57. The van der Waals surface area contributed by atoms with Crippen molar-refractivity contribution in [3.63, 3.8) is 0 Å². The van der Waals surface area contributed by atoms with E-state index >= 15 is 0 Å². The van der Waals surface area contributed by atoms with Crippen molar-refractivity contribution in [3.05, 3.63) is 18.5 Å². The number of esters is 1. The van der Waals surface area contributed by atoms with E-state index in [1.165, 1.54) is 0 Å². The van der Waals surface area contributed by atoms with Crippen molar-refractivity contribution in [2.45, 2.75) is 20.4 Å². The molecule has 0 unspecified atom stereocenters. The Kier molecular flexibility index (Phi) is 3.49. The standard InChI is InChI=1S/C9H14N2O2/c1-3-13-9(12)8(2)7-11-6-4-5-10-11/h4-6,8H,3,7H2,1-2H3/t8-/m1/s1. The van der Waals surface area contributed by atoms with Crippen LogP contribution in [0.4, 0.5) is 0 Å². The van der Waals surface area contributed by atoms with E-state index in [2.05, 4.69) is 5.10 Å². The highest BCUT2D eigenvalue weighted by Gasteiger charge is 2.14. The fourth-order valence-corrected chi connectivity index (χ4v) is 1.05. The molecule has 72 valence electrons. The second-order valence-electron chi connectivity index (χ2n) is 2.88. The minimum atomic E-state index is -0.169. The second kappa shape index (κ2) is 4.64. The van der Waals surface area contributed by atoms with E-state index in [0.717, 1.165) is 0 Å². The summed E-state index contributed by atoms with van der Waals surface area (Å²) in [5, 5.41) is 4.01. The molecule has 1 aromatic rings. The van der Waals surface area contributed by atoms with Gasteiger partial charge in [0, 0.05) is 12.4 Å². The Balaban J connectivity index is 2.41. The van der Waals surface area contributed by atoms with Crippen LogP contribution in [0.25, 0.3) is 0 Å². The molecule has 1 atom stereocenters. The number of aromatic nitrogens is 2. The van der Waals surface area contributed by atoms with Gasteiger partial charge in [-0.25, -0.2) is 0 Å². The van der Waals surface area contributed by atoms with Gasteiger partial charge in [0.2, 0.25) is 0 Å². The summed E-state index contributed by atoms with van der Waals surface area (Å²) in [4.78, 5) is 11.2. The molecule has 0 saturated heterocycles. The molecular formula is C9H14N2O2. The Labute approximate surface area is 77.5 Å². The Bertz CT molecular complexity index is 257. The maximum atomic E-state index is 11.2. The molecule has 0 N–H and O–H groups in total. The molecule has 0 aromatic carbocycles. The van der Waals surface area contributed by atoms with Gasteiger partial charge in [0.25, 0.3) is 0 Å². The smallest absolute Gasteiger partial charge is 0.310 e. The monoisotopic (exact) mass is 182 g/mol. The lowest BCUT2D eigenvalue weighted by Crippen LogP contribution is -2.20. The van der Waals surface area contributed by atoms with E-state index in [1.807, 2.05) is 19.2 Å². The maximum Gasteiger partial charge on any atom is 0.310 e. The van der Waals surface area contributed by atoms with Gasteiger partial charge in [0.15, 0.2) is 0 Å². The molecule has 13 heavy (non-hydrogen) atoms. The lowest BCUT2D eigenvalue weighted by atomic mass is 10.2. The largest absolute Gasteiger partial charge is 0.466 e. The van der Waals surface area contributed by atoms with Crippen molar-refractivity contribution in [2.75, 3.05) is 6.61 Å². The van der Waals surface area contributed by atoms with Crippen LogP contribution in [0.15, 0.2) is 18.5 Å². The molecule has 4 nitrogen and oxygen atoms in total. The molecule has 1 aromatic heterocycles. The lowest BCUT2D eigenvalue weighted by Gasteiger charge is -2.09. The average molecular weight is 182 g/mol. The zero-order valence-electron chi connectivity index (χ0n) is 7.93. The predicted molar refractivity (Wildman–Crippen MR) is 48.0 cm³/mol. The summed E-state index contributed by atoms with van der Waals surface area (Å²) >= 11 is 0. The van der Waals surface area contributed by atoms with Crippen molar-refractivity contribution in [3.8, 4) is 0 Å². The first-order valence-electron chi connectivity index (χ1n) is 4.38. The number of nitrogens with zero attached hydrogens (tertiary/aromatic N) is 2. The number of hydrogen-bond acceptors (Lipinski definition) is 3. The van der Waals surface area contributed by atoms with Crippen LogP contribution < -0.4 is 0 Å². The summed E-state index contributed by atoms with van der Waals surface area (Å²) in [6.07, 6.45) is 3.52. The van der Waals surface area contributed by atoms with E-state index in [0.29, 0.717) is 13.2 Å². The van der Waals surface area contributed by atoms with Crippen LogP contribution in [0.2, 0.25) is 0 Å². The number of ether oxygens (including phenoxy) is 1. The van der Waals surface area contributed by atoms with Crippen LogP contribution >= 0.6 is 0 Å². The Morgan fingerprint density at radius 2 is 2.46 bits per heavy atom. The highest BCUT2D eigenvalue weighted by atomic mass is 16.5. The number of rotatable bonds is 4. The van der Waals surface area contributed by atoms with Crippen LogP contribution in [0.5, 0.6) is 0 Å². The zero-order chi connectivity index (χ0) is 9.68. The van der Waals surface area contributed by atoms with Gasteiger partial charge in [-0.05, 0) is 13.0 Å². The van der Waals surface area contributed by atoms with Gasteiger partial charge in [0.1, 0.15) is 0 Å². The highest BCUT2D eigenvalue weighted by Crippen LogP contribution is 2.01. The molecular weight excluding hydrogens is 168 g/mol. The molecule has 0 amide bonds. The van der Waals surface area contributed by atoms with Gasteiger partial charge < -0.3 is 4.74 Å². The van der Waals surface area contributed by atoms with E-state index < -0.39 is 0 Å². The van der Waals surface area contributed by atoms with E-state index in [1.54, 1.807) is 17.8 Å². The van der Waals surface area contributed by atoms with Crippen LogP contribution in [-0.2, 0) is 16.1 Å². The summed E-state index contributed by atoms with van der Waals surface area (Å²) in [5.41, 5.74) is 0. The number of hydrogen-bond donors (Lipinski definition) is 0. The normalized spacial score (nSPS) is 12.5. The molecule has 0 saturated carbocycles. The molecule has 0 aliphatic carbocycles. The zero-order valence-corrected chi connectivity index (χ0v) is 7.93. The van der Waals surface area contributed by atoms with Crippen molar-refractivity contribution < 1.29 is 9.53 Å². The molecule has 0 bridgehead atoms. The van der Waals surface area contributed by atoms with Crippen molar-refractivity contribution in [2.24, 2.45) is 5.92 Å². The fraction of sp³-hybridized carbons (Fsp3) is 0.556. The van der Waals surface area contributed by atoms with Crippen molar-refractivity contribution in [1.82, 2.24) is 9.78 Å². The molecule has 0 radical (unpaired) electrons. The minimum Gasteiger partial charge on any atom is -0.466 e. The minimum absolute atomic E-state index is 0.139.